The van der Waals surface area contributed by atoms with E-state index in [4.69, 9.17) is 0 Å². The highest BCUT2D eigenvalue weighted by Crippen LogP contribution is 2.32. The third-order valence-corrected chi connectivity index (χ3v) is 3.83. The lowest BCUT2D eigenvalue weighted by Crippen LogP contribution is -2.18. The standard InChI is InChI=1S/C10H22S/c1-7-10(5,6)11-8-9(2,3)4/h7-8H2,1-6H3. The maximum atomic E-state index is 2.32. The molecule has 0 aromatic heterocycles. The van der Waals surface area contributed by atoms with Crippen LogP contribution >= 0.6 is 11.8 Å². The van der Waals surface area contributed by atoms with E-state index in [1.54, 1.807) is 0 Å². The van der Waals surface area contributed by atoms with Crippen LogP contribution in [-0.4, -0.2) is 10.5 Å². The van der Waals surface area contributed by atoms with Crippen molar-refractivity contribution in [1.29, 1.82) is 0 Å². The molecule has 1 heteroatoms. The van der Waals surface area contributed by atoms with E-state index in [0.717, 1.165) is 0 Å². The van der Waals surface area contributed by atoms with Gasteiger partial charge in [0, 0.05) is 4.75 Å². The molecule has 0 heterocycles. The van der Waals surface area contributed by atoms with Crippen molar-refractivity contribution in [3.63, 3.8) is 0 Å². The Balaban J connectivity index is 3.70. The third-order valence-electron chi connectivity index (χ3n) is 1.75. The molecule has 0 aliphatic rings. The average molecular weight is 174 g/mol. The molecule has 0 aromatic carbocycles. The van der Waals surface area contributed by atoms with Gasteiger partial charge in [0.15, 0.2) is 0 Å². The van der Waals surface area contributed by atoms with Crippen LogP contribution in [0.2, 0.25) is 0 Å². The van der Waals surface area contributed by atoms with Crippen molar-refractivity contribution in [1.82, 2.24) is 0 Å². The van der Waals surface area contributed by atoms with E-state index in [2.05, 4.69) is 53.3 Å². The Kier molecular flexibility index (Phi) is 3.96. The largest absolute Gasteiger partial charge is 0.155 e. The first-order chi connectivity index (χ1) is 4.77. The van der Waals surface area contributed by atoms with Gasteiger partial charge in [-0.2, -0.15) is 11.8 Å². The zero-order chi connectivity index (χ0) is 9.12. The van der Waals surface area contributed by atoms with Crippen LogP contribution < -0.4 is 0 Å². The Morgan fingerprint density at radius 3 is 1.73 bits per heavy atom. The monoisotopic (exact) mass is 174 g/mol. The molecule has 0 bridgehead atoms. The van der Waals surface area contributed by atoms with Crippen molar-refractivity contribution in [2.75, 3.05) is 5.75 Å². The van der Waals surface area contributed by atoms with E-state index in [1.165, 1.54) is 12.2 Å². The highest BCUT2D eigenvalue weighted by molar-refractivity contribution is 8.00. The maximum absolute atomic E-state index is 2.32. The Hall–Kier alpha value is 0.350. The molecule has 11 heavy (non-hydrogen) atoms. The average Bonchev–Trinajstić information content (AvgIpc) is 1.83. The van der Waals surface area contributed by atoms with Crippen molar-refractivity contribution in [2.45, 2.75) is 52.7 Å². The zero-order valence-electron chi connectivity index (χ0n) is 8.82. The Morgan fingerprint density at radius 1 is 1.00 bits per heavy atom. The molecule has 0 saturated carbocycles. The quantitative estimate of drug-likeness (QED) is 0.624. The van der Waals surface area contributed by atoms with Gasteiger partial charge in [0.1, 0.15) is 0 Å². The number of thioether (sulfide) groups is 1. The first-order valence-electron chi connectivity index (χ1n) is 4.41. The van der Waals surface area contributed by atoms with Gasteiger partial charge in [-0.3, -0.25) is 0 Å². The zero-order valence-corrected chi connectivity index (χ0v) is 9.64. The SMILES string of the molecule is CCC(C)(C)SCC(C)(C)C. The van der Waals surface area contributed by atoms with Crippen LogP contribution in [0.1, 0.15) is 48.0 Å². The van der Waals surface area contributed by atoms with Crippen molar-refractivity contribution in [2.24, 2.45) is 5.41 Å². The maximum Gasteiger partial charge on any atom is 0.0101 e. The molecule has 0 saturated heterocycles. The van der Waals surface area contributed by atoms with Crippen molar-refractivity contribution < 1.29 is 0 Å². The van der Waals surface area contributed by atoms with Crippen LogP contribution in [0.25, 0.3) is 0 Å². The van der Waals surface area contributed by atoms with Gasteiger partial charge in [-0.15, -0.1) is 0 Å². The summed E-state index contributed by atoms with van der Waals surface area (Å²) in [5.74, 6) is 1.26. The third kappa shape index (κ3) is 6.74. The molecule has 68 valence electrons. The minimum absolute atomic E-state index is 0.466. The van der Waals surface area contributed by atoms with Crippen LogP contribution in [0.15, 0.2) is 0 Å². The smallest absolute Gasteiger partial charge is 0.0101 e. The van der Waals surface area contributed by atoms with Crippen LogP contribution in [0.4, 0.5) is 0 Å². The molecule has 0 radical (unpaired) electrons. The minimum atomic E-state index is 0.466. The number of rotatable bonds is 3. The molecule has 0 N–H and O–H groups in total. The molecule has 0 spiro atoms. The van der Waals surface area contributed by atoms with E-state index in [1.807, 2.05) is 0 Å². The Morgan fingerprint density at radius 2 is 1.45 bits per heavy atom. The summed E-state index contributed by atoms with van der Waals surface area (Å²) in [6.45, 7) is 13.8. The summed E-state index contributed by atoms with van der Waals surface area (Å²) < 4.78 is 0.466. The van der Waals surface area contributed by atoms with E-state index >= 15 is 0 Å². The molecule has 0 aromatic rings. The summed E-state index contributed by atoms with van der Waals surface area (Å²) in [6, 6.07) is 0. The second-order valence-electron chi connectivity index (χ2n) is 4.96. The van der Waals surface area contributed by atoms with Crippen molar-refractivity contribution >= 4 is 11.8 Å². The summed E-state index contributed by atoms with van der Waals surface area (Å²) in [5, 5.41) is 0. The van der Waals surface area contributed by atoms with Crippen LogP contribution in [0, 0.1) is 5.41 Å². The molecule has 0 atom stereocenters. The van der Waals surface area contributed by atoms with E-state index in [9.17, 15) is 0 Å². The van der Waals surface area contributed by atoms with Gasteiger partial charge in [-0.25, -0.2) is 0 Å². The second kappa shape index (κ2) is 3.84. The lowest BCUT2D eigenvalue weighted by Gasteiger charge is -2.27. The van der Waals surface area contributed by atoms with E-state index in [-0.39, 0.29) is 0 Å². The van der Waals surface area contributed by atoms with Crippen molar-refractivity contribution in [3.8, 4) is 0 Å². The minimum Gasteiger partial charge on any atom is -0.155 e. The van der Waals surface area contributed by atoms with Gasteiger partial charge in [0.05, 0.1) is 0 Å². The highest BCUT2D eigenvalue weighted by atomic mass is 32.2. The number of hydrogen-bond donors (Lipinski definition) is 0. The first-order valence-corrected chi connectivity index (χ1v) is 5.39. The first kappa shape index (κ1) is 11.4. The molecule has 0 unspecified atom stereocenters. The predicted molar refractivity (Wildman–Crippen MR) is 56.3 cm³/mol. The highest BCUT2D eigenvalue weighted by Gasteiger charge is 2.19. The lowest BCUT2D eigenvalue weighted by molar-refractivity contribution is 0.477. The van der Waals surface area contributed by atoms with Crippen LogP contribution in [-0.2, 0) is 0 Å². The molecule has 0 aliphatic heterocycles. The lowest BCUT2D eigenvalue weighted by atomic mass is 10.0. The molecule has 0 amide bonds. The Bertz CT molecular complexity index is 109. The summed E-state index contributed by atoms with van der Waals surface area (Å²) in [6.07, 6.45) is 1.26. The van der Waals surface area contributed by atoms with Crippen molar-refractivity contribution in [3.05, 3.63) is 0 Å². The summed E-state index contributed by atoms with van der Waals surface area (Å²) in [7, 11) is 0. The predicted octanol–water partition coefficient (Wildman–Crippen LogP) is 3.95. The Labute approximate surface area is 76.1 Å². The van der Waals surface area contributed by atoms with E-state index < -0.39 is 0 Å². The summed E-state index contributed by atoms with van der Waals surface area (Å²) >= 11 is 2.09. The van der Waals surface area contributed by atoms with Crippen LogP contribution in [0.5, 0.6) is 0 Å². The molecule has 0 nitrogen and oxygen atoms in total. The number of hydrogen-bond acceptors (Lipinski definition) is 1. The molecule has 0 rings (SSSR count). The van der Waals surface area contributed by atoms with Gasteiger partial charge in [0.2, 0.25) is 0 Å². The normalized spacial score (nSPS) is 13.6. The molecule has 0 fully saturated rings. The molecule has 0 aliphatic carbocycles. The topological polar surface area (TPSA) is 0 Å². The fourth-order valence-corrected chi connectivity index (χ4v) is 1.54. The fraction of sp³-hybridized carbons (Fsp3) is 1.00. The van der Waals surface area contributed by atoms with Gasteiger partial charge in [-0.05, 0) is 17.6 Å². The van der Waals surface area contributed by atoms with Gasteiger partial charge in [0.25, 0.3) is 0 Å². The van der Waals surface area contributed by atoms with Gasteiger partial charge >= 0.3 is 0 Å². The van der Waals surface area contributed by atoms with Crippen LogP contribution in [0.3, 0.4) is 0 Å². The van der Waals surface area contributed by atoms with Gasteiger partial charge < -0.3 is 0 Å². The molecular formula is C10H22S. The fourth-order valence-electron chi connectivity index (χ4n) is 0.514. The van der Waals surface area contributed by atoms with Gasteiger partial charge in [-0.1, -0.05) is 41.5 Å². The summed E-state index contributed by atoms with van der Waals surface area (Å²) in [4.78, 5) is 0. The molecular weight excluding hydrogens is 152 g/mol. The second-order valence-corrected chi connectivity index (χ2v) is 6.65. The summed E-state index contributed by atoms with van der Waals surface area (Å²) in [5.41, 5.74) is 0.469. The van der Waals surface area contributed by atoms with E-state index in [0.29, 0.717) is 10.2 Å².